The van der Waals surface area contributed by atoms with Gasteiger partial charge in [0.2, 0.25) is 11.5 Å². The predicted octanol–water partition coefficient (Wildman–Crippen LogP) is -3.16. The molecule has 0 aromatic carbocycles. The molecular formula is C22H32N10O16P3S+. The van der Waals surface area contributed by atoms with Gasteiger partial charge < -0.3 is 50.9 Å². The van der Waals surface area contributed by atoms with E-state index in [1.807, 2.05) is 0 Å². The summed E-state index contributed by atoms with van der Waals surface area (Å²) < 4.78 is 59.1. The number of phosphoric ester groups is 2. The lowest BCUT2D eigenvalue weighted by molar-refractivity contribution is -0.745. The van der Waals surface area contributed by atoms with Crippen LogP contribution in [0.2, 0.25) is 0 Å². The second-order valence-electron chi connectivity index (χ2n) is 11.7. The number of aromatic nitrogens is 8. The van der Waals surface area contributed by atoms with Gasteiger partial charge in [0.15, 0.2) is 29.9 Å². The molecule has 3 unspecified atom stereocenters. The van der Waals surface area contributed by atoms with Crippen LogP contribution in [-0.4, -0.2) is 108 Å². The molecule has 2 fully saturated rings. The zero-order chi connectivity index (χ0) is 38.1. The van der Waals surface area contributed by atoms with Crippen molar-refractivity contribution in [1.29, 1.82) is 0 Å². The molecule has 4 aromatic heterocycles. The number of phosphoric acid groups is 2. The summed E-state index contributed by atoms with van der Waals surface area (Å²) in [6.07, 6.45) is -7.46. The number of nitrogens with zero attached hydrogens (tertiary/aromatic N) is 6. The molecule has 0 saturated carbocycles. The highest BCUT2D eigenvalue weighted by Gasteiger charge is 2.48. The van der Waals surface area contributed by atoms with Crippen molar-refractivity contribution < 1.29 is 70.8 Å². The van der Waals surface area contributed by atoms with E-state index >= 15 is 0 Å². The SMILES string of the molecule is C[C@@H]1[C@H](O)[C@@H](COP(=O)(O)OP(O)(=S)OP(=O)(O)OC[C@H]2O[C@@H](n3cnc4c(=O)[nH]c(N)nc43)[C@H](O)[C@@H]2O)O[C@H]1[n+]1cn(C)c2c(=O)[nH]c(N)nc21. The molecule has 2 aliphatic rings. The van der Waals surface area contributed by atoms with Crippen molar-refractivity contribution >= 4 is 68.4 Å². The molecular weight excluding hydrogens is 785 g/mol. The molecule has 30 heteroatoms. The number of imidazole rings is 2. The molecule has 11 atom stereocenters. The number of nitrogens with two attached hydrogens (primary N) is 2. The maximum atomic E-state index is 12.7. The molecule has 2 saturated heterocycles. The first-order valence-corrected chi connectivity index (χ1v) is 20.3. The fourth-order valence-corrected chi connectivity index (χ4v) is 10.7. The molecule has 0 aliphatic carbocycles. The molecule has 286 valence electrons. The second-order valence-corrected chi connectivity index (χ2v) is 17.7. The van der Waals surface area contributed by atoms with Gasteiger partial charge in [0.1, 0.15) is 24.4 Å². The van der Waals surface area contributed by atoms with E-state index in [4.69, 9.17) is 30.0 Å². The topological polar surface area (TPSA) is 381 Å². The number of hydrogen-bond acceptors (Lipinski definition) is 19. The van der Waals surface area contributed by atoms with Crippen LogP contribution in [-0.2, 0) is 55.1 Å². The first-order valence-electron chi connectivity index (χ1n) is 14.7. The number of aromatic amines is 2. The van der Waals surface area contributed by atoms with E-state index in [1.165, 1.54) is 15.5 Å². The molecule has 0 spiro atoms. The third-order valence-electron chi connectivity index (χ3n) is 8.03. The summed E-state index contributed by atoms with van der Waals surface area (Å²) in [6, 6.07) is 0. The number of anilines is 2. The van der Waals surface area contributed by atoms with Crippen LogP contribution in [0.3, 0.4) is 0 Å². The number of aliphatic hydroxyl groups is 3. The van der Waals surface area contributed by atoms with Crippen molar-refractivity contribution in [3.63, 3.8) is 0 Å². The van der Waals surface area contributed by atoms with Gasteiger partial charge in [-0.3, -0.25) is 37.7 Å². The van der Waals surface area contributed by atoms with Gasteiger partial charge in [0, 0.05) is 5.92 Å². The highest BCUT2D eigenvalue weighted by atomic mass is 32.5. The van der Waals surface area contributed by atoms with Crippen LogP contribution in [0.15, 0.2) is 22.2 Å². The summed E-state index contributed by atoms with van der Waals surface area (Å²) in [4.78, 5) is 71.8. The standard InChI is InChI=1S/C22H31N10O16P3S/c1-7-12(33)8(45-19(7)32-6-30(2)11-16(32)27-22(24)29-18(11)37)3-43-49(38,39)47-51(42,52)48-50(40,41)44-4-9-13(34)14(35)20(46-9)31-5-25-10-15(31)26-21(23)28-17(10)36/h5-9,12-14,19-20,33-35H,3-4H2,1-2H3,(H8-,23,24,26,27,28,29,36,37,38,39,40,41,42,52)/p+1/t7-,8-,9-,12+,13-,14-,19-,20-,51?/m1/s1. The zero-order valence-corrected chi connectivity index (χ0v) is 30.0. The minimum atomic E-state index is -5.45. The average Bonchev–Trinajstić information content (AvgIpc) is 3.74. The van der Waals surface area contributed by atoms with Crippen LogP contribution < -0.4 is 27.2 Å². The van der Waals surface area contributed by atoms with Crippen molar-refractivity contribution in [2.45, 2.75) is 49.9 Å². The van der Waals surface area contributed by atoms with Gasteiger partial charge in [-0.1, -0.05) is 11.9 Å². The van der Waals surface area contributed by atoms with Crippen LogP contribution in [0.1, 0.15) is 19.4 Å². The number of ether oxygens (including phenoxy) is 2. The number of nitrogen functional groups attached to an aromatic ring is 2. The van der Waals surface area contributed by atoms with Crippen LogP contribution >= 0.6 is 22.4 Å². The van der Waals surface area contributed by atoms with E-state index in [0.717, 1.165) is 10.9 Å². The molecule has 6 heterocycles. The number of rotatable bonds is 12. The van der Waals surface area contributed by atoms with E-state index in [1.54, 1.807) is 14.0 Å². The predicted molar refractivity (Wildman–Crippen MR) is 174 cm³/mol. The Morgan fingerprint density at radius 3 is 2.15 bits per heavy atom. The van der Waals surface area contributed by atoms with Crippen LogP contribution in [0.5, 0.6) is 0 Å². The smallest absolute Gasteiger partial charge is 0.390 e. The number of aryl methyl sites for hydroxylation is 1. The number of hydrogen-bond donors (Lipinski definition) is 10. The Labute approximate surface area is 294 Å². The van der Waals surface area contributed by atoms with Crippen molar-refractivity contribution in [3.05, 3.63) is 33.4 Å². The molecule has 0 bridgehead atoms. The summed E-state index contributed by atoms with van der Waals surface area (Å²) in [5.74, 6) is -1.16. The lowest BCUT2D eigenvalue weighted by Gasteiger charge is -2.23. The summed E-state index contributed by atoms with van der Waals surface area (Å²) in [5.41, 5.74) is 10.0. The second kappa shape index (κ2) is 14.0. The Kier molecular flexibility index (Phi) is 10.4. The fraction of sp³-hybridized carbons (Fsp3) is 0.545. The van der Waals surface area contributed by atoms with Gasteiger partial charge >= 0.3 is 28.0 Å². The molecule has 52 heavy (non-hydrogen) atoms. The maximum Gasteiger partial charge on any atom is 0.479 e. The van der Waals surface area contributed by atoms with Crippen molar-refractivity contribution in [3.8, 4) is 0 Å². The molecule has 0 radical (unpaired) electrons. The number of H-pyrrole nitrogens is 2. The zero-order valence-electron chi connectivity index (χ0n) is 26.5. The Morgan fingerprint density at radius 1 is 0.942 bits per heavy atom. The van der Waals surface area contributed by atoms with Crippen LogP contribution in [0, 0.1) is 5.92 Å². The van der Waals surface area contributed by atoms with E-state index in [-0.39, 0.29) is 34.2 Å². The minimum absolute atomic E-state index is 0.114. The molecule has 2 aliphatic heterocycles. The monoisotopic (exact) mass is 817 g/mol. The highest BCUT2D eigenvalue weighted by molar-refractivity contribution is 8.09. The van der Waals surface area contributed by atoms with Gasteiger partial charge in [-0.25, -0.2) is 27.3 Å². The molecule has 4 aromatic rings. The first kappa shape index (κ1) is 38.6. The van der Waals surface area contributed by atoms with Gasteiger partial charge in [-0.05, 0) is 11.8 Å². The molecule has 0 amide bonds. The number of nitrogens with one attached hydrogen (secondary N) is 2. The van der Waals surface area contributed by atoms with Gasteiger partial charge in [-0.15, -0.1) is 0 Å². The quantitative estimate of drug-likeness (QED) is 0.0498. The molecule has 6 rings (SSSR count). The van der Waals surface area contributed by atoms with Crippen molar-refractivity contribution in [1.82, 2.24) is 34.1 Å². The number of fused-ring (bicyclic) bond motifs is 2. The number of aliphatic hydroxyl groups excluding tert-OH is 3. The Balaban J connectivity index is 1.05. The largest absolute Gasteiger partial charge is 0.479 e. The van der Waals surface area contributed by atoms with E-state index in [9.17, 15) is 48.7 Å². The summed E-state index contributed by atoms with van der Waals surface area (Å²) in [7, 11) is -9.28. The Morgan fingerprint density at radius 2 is 1.52 bits per heavy atom. The lowest BCUT2D eigenvalue weighted by atomic mass is 10.0. The summed E-state index contributed by atoms with van der Waals surface area (Å²) in [6.45, 7) is -5.34. The lowest BCUT2D eigenvalue weighted by Crippen LogP contribution is -2.42. The van der Waals surface area contributed by atoms with Crippen molar-refractivity contribution in [2.75, 3.05) is 24.7 Å². The van der Waals surface area contributed by atoms with Gasteiger partial charge in [0.05, 0.1) is 32.7 Å². The van der Waals surface area contributed by atoms with Crippen LogP contribution in [0.4, 0.5) is 11.9 Å². The normalized spacial score (nSPS) is 30.1. The summed E-state index contributed by atoms with van der Waals surface area (Å²) in [5, 5.41) is 31.8. The molecule has 12 N–H and O–H groups in total. The van der Waals surface area contributed by atoms with E-state index < -0.39 is 95.6 Å². The first-order chi connectivity index (χ1) is 24.2. The third kappa shape index (κ3) is 7.63. The fourth-order valence-electron chi connectivity index (χ4n) is 5.69. The van der Waals surface area contributed by atoms with Crippen molar-refractivity contribution in [2.24, 2.45) is 13.0 Å². The minimum Gasteiger partial charge on any atom is -0.390 e. The summed E-state index contributed by atoms with van der Waals surface area (Å²) >= 11 is 4.60. The third-order valence-corrected chi connectivity index (χ3v) is 13.5. The average molecular weight is 818 g/mol. The van der Waals surface area contributed by atoms with Crippen LogP contribution in [0.25, 0.3) is 22.3 Å². The maximum absolute atomic E-state index is 12.7. The van der Waals surface area contributed by atoms with Gasteiger partial charge in [-0.2, -0.15) is 4.98 Å². The Bertz CT molecular complexity index is 2280. The molecule has 26 nitrogen and oxygen atoms in total. The van der Waals surface area contributed by atoms with E-state index in [2.05, 4.69) is 45.3 Å². The van der Waals surface area contributed by atoms with E-state index in [0.29, 0.717) is 0 Å². The van der Waals surface area contributed by atoms with Gasteiger partial charge in [0.25, 0.3) is 17.1 Å². The Hall–Kier alpha value is -3.07. The highest BCUT2D eigenvalue weighted by Crippen LogP contribution is 2.68.